The van der Waals surface area contributed by atoms with E-state index in [1.807, 2.05) is 18.3 Å². The van der Waals surface area contributed by atoms with Gasteiger partial charge in [0.2, 0.25) is 0 Å². The van der Waals surface area contributed by atoms with E-state index in [9.17, 15) is 0 Å². The second kappa shape index (κ2) is 7.74. The van der Waals surface area contributed by atoms with Crippen LogP contribution in [0.1, 0.15) is 17.5 Å². The SMILES string of the molecule is C=C[Si]1(C)OCc2cc(CCC[Si](OC)(OC)OC)ccc2O1. The predicted molar refractivity (Wildman–Crippen MR) is 93.6 cm³/mol. The summed E-state index contributed by atoms with van der Waals surface area (Å²) in [6.07, 6.45) is 1.88. The number of fused-ring (bicyclic) bond motifs is 1. The van der Waals surface area contributed by atoms with Crippen molar-refractivity contribution in [2.45, 2.75) is 32.0 Å². The first-order chi connectivity index (χ1) is 11.0. The molecule has 0 radical (unpaired) electrons. The van der Waals surface area contributed by atoms with E-state index in [0.717, 1.165) is 30.2 Å². The van der Waals surface area contributed by atoms with Crippen LogP contribution < -0.4 is 4.43 Å². The molecule has 128 valence electrons. The molecule has 1 aromatic rings. The largest absolute Gasteiger partial charge is 0.517 e. The highest BCUT2D eigenvalue weighted by atomic mass is 28.4. The smallest absolute Gasteiger partial charge is 0.500 e. The zero-order valence-electron chi connectivity index (χ0n) is 14.4. The van der Waals surface area contributed by atoms with Gasteiger partial charge in [-0.1, -0.05) is 6.07 Å². The van der Waals surface area contributed by atoms with Gasteiger partial charge in [-0.05, 0) is 42.8 Å². The molecule has 5 nitrogen and oxygen atoms in total. The topological polar surface area (TPSA) is 46.2 Å². The third kappa shape index (κ3) is 4.31. The molecule has 0 fully saturated rings. The lowest BCUT2D eigenvalue weighted by Gasteiger charge is -2.31. The minimum absolute atomic E-state index is 0.588. The molecule has 23 heavy (non-hydrogen) atoms. The van der Waals surface area contributed by atoms with Crippen molar-refractivity contribution in [3.05, 3.63) is 41.6 Å². The lowest BCUT2D eigenvalue weighted by atomic mass is 10.1. The van der Waals surface area contributed by atoms with Gasteiger partial charge >= 0.3 is 17.4 Å². The first kappa shape index (κ1) is 18.4. The second-order valence-corrected chi connectivity index (χ2v) is 11.7. The Labute approximate surface area is 140 Å². The Morgan fingerprint density at radius 1 is 1.26 bits per heavy atom. The molecule has 0 saturated carbocycles. The Morgan fingerprint density at radius 3 is 2.57 bits per heavy atom. The van der Waals surface area contributed by atoms with Crippen molar-refractivity contribution < 1.29 is 22.1 Å². The molecule has 1 aliphatic rings. The molecule has 1 unspecified atom stereocenters. The molecule has 0 aliphatic carbocycles. The van der Waals surface area contributed by atoms with Gasteiger partial charge in [-0.25, -0.2) is 0 Å². The highest BCUT2D eigenvalue weighted by molar-refractivity contribution is 6.72. The van der Waals surface area contributed by atoms with Crippen LogP contribution in [-0.2, 0) is 30.7 Å². The first-order valence-corrected chi connectivity index (χ1v) is 12.1. The highest BCUT2D eigenvalue weighted by Gasteiger charge is 2.37. The summed E-state index contributed by atoms with van der Waals surface area (Å²) in [4.78, 5) is 0. The fraction of sp³-hybridized carbons (Fsp3) is 0.500. The van der Waals surface area contributed by atoms with Crippen LogP contribution in [0.3, 0.4) is 0 Å². The number of benzene rings is 1. The maximum atomic E-state index is 5.98. The van der Waals surface area contributed by atoms with Crippen molar-refractivity contribution >= 4 is 17.4 Å². The third-order valence-corrected chi connectivity index (χ3v) is 9.12. The van der Waals surface area contributed by atoms with E-state index in [2.05, 4.69) is 18.7 Å². The van der Waals surface area contributed by atoms with Crippen LogP contribution in [0.5, 0.6) is 5.75 Å². The van der Waals surface area contributed by atoms with Crippen molar-refractivity contribution in [2.24, 2.45) is 0 Å². The Bertz CT molecular complexity index is 539. The van der Waals surface area contributed by atoms with Crippen molar-refractivity contribution in [1.82, 2.24) is 0 Å². The number of hydrogen-bond donors (Lipinski definition) is 0. The molecule has 0 spiro atoms. The van der Waals surface area contributed by atoms with Crippen LogP contribution in [0.25, 0.3) is 0 Å². The summed E-state index contributed by atoms with van der Waals surface area (Å²) in [5.41, 5.74) is 4.17. The predicted octanol–water partition coefficient (Wildman–Crippen LogP) is 3.20. The van der Waals surface area contributed by atoms with Crippen molar-refractivity contribution in [3.63, 3.8) is 0 Å². The molecule has 0 aromatic heterocycles. The lowest BCUT2D eigenvalue weighted by molar-refractivity contribution is 0.123. The van der Waals surface area contributed by atoms with E-state index >= 15 is 0 Å². The van der Waals surface area contributed by atoms with E-state index in [1.165, 1.54) is 5.56 Å². The standard InChI is InChI=1S/C16H26O5Si2/c1-6-22(5)20-13-15-12-14(9-10-16(15)21-22)8-7-11-23(17-2,18-3)19-4/h6,9-10,12H,1,7-8,11,13H2,2-5H3. The zero-order valence-corrected chi connectivity index (χ0v) is 16.4. The summed E-state index contributed by atoms with van der Waals surface area (Å²) < 4.78 is 28.2. The molecule has 2 rings (SSSR count). The molecule has 1 heterocycles. The van der Waals surface area contributed by atoms with Crippen LogP contribution in [0, 0.1) is 0 Å². The first-order valence-electron chi connectivity index (χ1n) is 7.73. The van der Waals surface area contributed by atoms with Gasteiger partial charge in [0.05, 0.1) is 6.61 Å². The molecule has 0 bridgehead atoms. The average Bonchev–Trinajstić information content (AvgIpc) is 2.59. The molecule has 1 aliphatic heterocycles. The summed E-state index contributed by atoms with van der Waals surface area (Å²) in [5, 5.41) is 0. The zero-order chi connectivity index (χ0) is 16.9. The van der Waals surface area contributed by atoms with Gasteiger partial charge in [-0.2, -0.15) is 0 Å². The number of hydrogen-bond acceptors (Lipinski definition) is 5. The molecule has 7 heteroatoms. The summed E-state index contributed by atoms with van der Waals surface area (Å²) >= 11 is 0. The van der Waals surface area contributed by atoms with Crippen LogP contribution >= 0.6 is 0 Å². The molecule has 0 saturated heterocycles. The molecule has 1 aromatic carbocycles. The van der Waals surface area contributed by atoms with Gasteiger partial charge in [0.15, 0.2) is 0 Å². The van der Waals surface area contributed by atoms with Crippen molar-refractivity contribution in [1.29, 1.82) is 0 Å². The van der Waals surface area contributed by atoms with E-state index in [0.29, 0.717) is 6.61 Å². The third-order valence-electron chi connectivity index (χ3n) is 4.20. The van der Waals surface area contributed by atoms with Crippen LogP contribution in [0.4, 0.5) is 0 Å². The summed E-state index contributed by atoms with van der Waals surface area (Å²) in [6.45, 7) is 6.40. The number of rotatable bonds is 8. The van der Waals surface area contributed by atoms with Gasteiger partial charge in [-0.15, -0.1) is 6.58 Å². The summed E-state index contributed by atoms with van der Waals surface area (Å²) in [5.74, 6) is 0.920. The average molecular weight is 355 g/mol. The van der Waals surface area contributed by atoms with Crippen LogP contribution in [0.15, 0.2) is 30.5 Å². The molecule has 0 N–H and O–H groups in total. The fourth-order valence-corrected chi connectivity index (χ4v) is 5.70. The Balaban J connectivity index is 1.97. The van der Waals surface area contributed by atoms with E-state index in [1.54, 1.807) is 21.3 Å². The van der Waals surface area contributed by atoms with Gasteiger partial charge in [0, 0.05) is 32.9 Å². The minimum atomic E-state index is -2.48. The Morgan fingerprint density at radius 2 is 1.96 bits per heavy atom. The molecule has 1 atom stereocenters. The lowest BCUT2D eigenvalue weighted by Crippen LogP contribution is -2.43. The maximum Gasteiger partial charge on any atom is 0.500 e. The minimum Gasteiger partial charge on any atom is -0.517 e. The summed E-state index contributed by atoms with van der Waals surface area (Å²) in [6, 6.07) is 7.09. The Hall–Kier alpha value is -0.966. The van der Waals surface area contributed by atoms with Gasteiger partial charge in [0.1, 0.15) is 5.75 Å². The normalized spacial score (nSPS) is 20.7. The van der Waals surface area contributed by atoms with E-state index < -0.39 is 17.4 Å². The number of aryl methyl sites for hydroxylation is 1. The van der Waals surface area contributed by atoms with E-state index in [4.69, 9.17) is 22.1 Å². The monoisotopic (exact) mass is 354 g/mol. The van der Waals surface area contributed by atoms with Crippen LogP contribution in [0.2, 0.25) is 12.6 Å². The highest BCUT2D eigenvalue weighted by Crippen LogP contribution is 2.31. The molecular formula is C16H26O5Si2. The fourth-order valence-electron chi connectivity index (χ4n) is 2.64. The van der Waals surface area contributed by atoms with Crippen LogP contribution in [-0.4, -0.2) is 38.7 Å². The van der Waals surface area contributed by atoms with Crippen molar-refractivity contribution in [2.75, 3.05) is 21.3 Å². The molecular weight excluding hydrogens is 328 g/mol. The Kier molecular flexibility index (Phi) is 6.18. The van der Waals surface area contributed by atoms with Gasteiger partial charge in [-0.3, -0.25) is 0 Å². The van der Waals surface area contributed by atoms with Gasteiger partial charge in [0.25, 0.3) is 0 Å². The van der Waals surface area contributed by atoms with Crippen molar-refractivity contribution in [3.8, 4) is 5.75 Å². The second-order valence-electron chi connectivity index (χ2n) is 5.70. The summed E-state index contributed by atoms with van der Waals surface area (Å²) in [7, 11) is 0.235. The molecule has 0 amide bonds. The van der Waals surface area contributed by atoms with Gasteiger partial charge < -0.3 is 22.1 Å². The quantitative estimate of drug-likeness (QED) is 0.671. The van der Waals surface area contributed by atoms with E-state index in [-0.39, 0.29) is 0 Å². The maximum absolute atomic E-state index is 5.98.